The average molecular weight is 365 g/mol. The van der Waals surface area contributed by atoms with Crippen molar-refractivity contribution >= 4 is 27.8 Å². The fraction of sp³-hybridized carbons (Fsp3) is 0.143. The number of aromatic nitrogens is 1. The zero-order valence-corrected chi connectivity index (χ0v) is 14.8. The summed E-state index contributed by atoms with van der Waals surface area (Å²) >= 11 is 0. The van der Waals surface area contributed by atoms with Crippen LogP contribution in [0.25, 0.3) is 33.1 Å². The Bertz CT molecular complexity index is 1240. The van der Waals surface area contributed by atoms with Crippen LogP contribution >= 0.6 is 0 Å². The van der Waals surface area contributed by atoms with Crippen molar-refractivity contribution in [1.82, 2.24) is 4.57 Å². The molecule has 0 unspecified atom stereocenters. The SMILES string of the molecule is CCOC(=O)c1c(-c2ccc(F)cc2)n(C)c2c(=O)oc3ccccc3c12. The van der Waals surface area contributed by atoms with Gasteiger partial charge in [-0.25, -0.2) is 14.0 Å². The summed E-state index contributed by atoms with van der Waals surface area (Å²) in [4.78, 5) is 25.5. The number of para-hydroxylation sites is 1. The fourth-order valence-electron chi connectivity index (χ4n) is 3.44. The molecular weight excluding hydrogens is 349 g/mol. The normalized spacial score (nSPS) is 11.2. The first-order valence-electron chi connectivity index (χ1n) is 8.50. The molecule has 5 nitrogen and oxygen atoms in total. The second-order valence-electron chi connectivity index (χ2n) is 6.12. The first-order chi connectivity index (χ1) is 13.0. The highest BCUT2D eigenvalue weighted by atomic mass is 19.1. The van der Waals surface area contributed by atoms with Crippen molar-refractivity contribution < 1.29 is 18.3 Å². The Hall–Kier alpha value is -3.41. The van der Waals surface area contributed by atoms with Crippen molar-refractivity contribution in [1.29, 1.82) is 0 Å². The number of fused-ring (bicyclic) bond motifs is 3. The number of halogens is 1. The van der Waals surface area contributed by atoms with Crippen LogP contribution in [-0.4, -0.2) is 17.1 Å². The standard InChI is InChI=1S/C21H16FNO4/c1-3-26-20(24)17-16-14-6-4-5-7-15(14)27-21(25)19(16)23(2)18(17)12-8-10-13(22)11-9-12/h4-11H,3H2,1-2H3. The Morgan fingerprint density at radius 1 is 1.15 bits per heavy atom. The number of nitrogens with zero attached hydrogens (tertiary/aromatic N) is 1. The third-order valence-electron chi connectivity index (χ3n) is 4.54. The molecule has 2 heterocycles. The van der Waals surface area contributed by atoms with Crippen LogP contribution in [-0.2, 0) is 11.8 Å². The van der Waals surface area contributed by atoms with Crippen LogP contribution < -0.4 is 5.63 Å². The maximum atomic E-state index is 13.4. The number of benzene rings is 2. The lowest BCUT2D eigenvalue weighted by Gasteiger charge is -2.08. The molecule has 4 rings (SSSR count). The summed E-state index contributed by atoms with van der Waals surface area (Å²) in [6, 6.07) is 12.8. The van der Waals surface area contributed by atoms with Gasteiger partial charge in [-0.1, -0.05) is 18.2 Å². The first kappa shape index (κ1) is 17.0. The zero-order chi connectivity index (χ0) is 19.1. The Balaban J connectivity index is 2.21. The molecule has 0 aliphatic heterocycles. The fourth-order valence-corrected chi connectivity index (χ4v) is 3.44. The molecule has 0 spiro atoms. The van der Waals surface area contributed by atoms with Gasteiger partial charge in [0.05, 0.1) is 17.9 Å². The van der Waals surface area contributed by atoms with Crippen molar-refractivity contribution in [2.45, 2.75) is 6.92 Å². The second-order valence-corrected chi connectivity index (χ2v) is 6.12. The summed E-state index contributed by atoms with van der Waals surface area (Å²) in [5, 5.41) is 1.11. The molecule has 2 aromatic carbocycles. The third kappa shape index (κ3) is 2.61. The van der Waals surface area contributed by atoms with Gasteiger partial charge in [0.15, 0.2) is 0 Å². The Morgan fingerprint density at radius 3 is 2.56 bits per heavy atom. The summed E-state index contributed by atoms with van der Waals surface area (Å²) in [5.74, 6) is -0.932. The van der Waals surface area contributed by atoms with Crippen LogP contribution in [0.4, 0.5) is 4.39 Å². The molecule has 0 aliphatic rings. The maximum Gasteiger partial charge on any atom is 0.361 e. The van der Waals surface area contributed by atoms with Crippen molar-refractivity contribution in [2.24, 2.45) is 7.05 Å². The highest BCUT2D eigenvalue weighted by Gasteiger charge is 2.27. The summed E-state index contributed by atoms with van der Waals surface area (Å²) in [6.07, 6.45) is 0. The molecule has 0 atom stereocenters. The van der Waals surface area contributed by atoms with Crippen molar-refractivity contribution in [3.05, 3.63) is 70.3 Å². The third-order valence-corrected chi connectivity index (χ3v) is 4.54. The van der Waals surface area contributed by atoms with E-state index in [1.54, 1.807) is 54.9 Å². The van der Waals surface area contributed by atoms with Crippen LogP contribution in [0.3, 0.4) is 0 Å². The van der Waals surface area contributed by atoms with Gasteiger partial charge < -0.3 is 13.7 Å². The number of rotatable bonds is 3. The Morgan fingerprint density at radius 2 is 1.85 bits per heavy atom. The van der Waals surface area contributed by atoms with Gasteiger partial charge in [-0.15, -0.1) is 0 Å². The number of carbonyl (C=O) groups is 1. The number of aryl methyl sites for hydroxylation is 1. The van der Waals surface area contributed by atoms with Crippen molar-refractivity contribution in [3.8, 4) is 11.3 Å². The molecule has 6 heteroatoms. The highest BCUT2D eigenvalue weighted by molar-refractivity contribution is 6.18. The van der Waals surface area contributed by atoms with E-state index >= 15 is 0 Å². The largest absolute Gasteiger partial charge is 0.462 e. The molecule has 0 radical (unpaired) electrons. The Labute approximate surface area is 153 Å². The summed E-state index contributed by atoms with van der Waals surface area (Å²) < 4.78 is 25.7. The molecule has 27 heavy (non-hydrogen) atoms. The van der Waals surface area contributed by atoms with Crippen LogP contribution in [0.1, 0.15) is 17.3 Å². The van der Waals surface area contributed by atoms with Crippen LogP contribution in [0.2, 0.25) is 0 Å². The van der Waals surface area contributed by atoms with Gasteiger partial charge >= 0.3 is 11.6 Å². The number of hydrogen-bond acceptors (Lipinski definition) is 4. The summed E-state index contributed by atoms with van der Waals surface area (Å²) in [7, 11) is 1.68. The van der Waals surface area contributed by atoms with E-state index in [2.05, 4.69) is 0 Å². The molecule has 0 amide bonds. The topological polar surface area (TPSA) is 61.4 Å². The Kier molecular flexibility index (Phi) is 4.03. The number of ether oxygens (including phenoxy) is 1. The predicted molar refractivity (Wildman–Crippen MR) is 100 cm³/mol. The quantitative estimate of drug-likeness (QED) is 0.402. The van der Waals surface area contributed by atoms with Gasteiger partial charge in [-0.3, -0.25) is 0 Å². The molecule has 0 aliphatic carbocycles. The molecule has 0 fully saturated rings. The van der Waals surface area contributed by atoms with E-state index in [1.165, 1.54) is 12.1 Å². The van der Waals surface area contributed by atoms with E-state index in [1.807, 2.05) is 0 Å². The smallest absolute Gasteiger partial charge is 0.361 e. The molecule has 0 saturated carbocycles. The predicted octanol–water partition coefficient (Wildman–Crippen LogP) is 4.27. The van der Waals surface area contributed by atoms with Gasteiger partial charge in [0.2, 0.25) is 0 Å². The average Bonchev–Trinajstić information content (AvgIpc) is 2.97. The van der Waals surface area contributed by atoms with E-state index < -0.39 is 11.6 Å². The molecule has 4 aromatic rings. The number of esters is 1. The van der Waals surface area contributed by atoms with Crippen molar-refractivity contribution in [2.75, 3.05) is 6.61 Å². The van der Waals surface area contributed by atoms with Crippen LogP contribution in [0.5, 0.6) is 0 Å². The van der Waals surface area contributed by atoms with E-state index in [4.69, 9.17) is 9.15 Å². The van der Waals surface area contributed by atoms with E-state index in [9.17, 15) is 14.0 Å². The first-order valence-corrected chi connectivity index (χ1v) is 8.50. The van der Waals surface area contributed by atoms with Gasteiger partial charge in [0, 0.05) is 17.8 Å². The minimum atomic E-state index is -0.551. The van der Waals surface area contributed by atoms with E-state index in [0.717, 1.165) is 0 Å². The highest BCUT2D eigenvalue weighted by Crippen LogP contribution is 2.36. The lowest BCUT2D eigenvalue weighted by Crippen LogP contribution is -2.06. The maximum absolute atomic E-state index is 13.4. The van der Waals surface area contributed by atoms with Crippen LogP contribution in [0.15, 0.2) is 57.7 Å². The number of hydrogen-bond donors (Lipinski definition) is 0. The van der Waals surface area contributed by atoms with Crippen LogP contribution in [0, 0.1) is 5.82 Å². The molecule has 0 bridgehead atoms. The minimum absolute atomic E-state index is 0.192. The minimum Gasteiger partial charge on any atom is -0.462 e. The number of carbonyl (C=O) groups excluding carboxylic acids is 1. The molecule has 0 saturated heterocycles. The van der Waals surface area contributed by atoms with E-state index in [0.29, 0.717) is 27.6 Å². The van der Waals surface area contributed by atoms with Crippen molar-refractivity contribution in [3.63, 3.8) is 0 Å². The summed E-state index contributed by atoms with van der Waals surface area (Å²) in [5.41, 5.74) is 1.44. The van der Waals surface area contributed by atoms with E-state index in [-0.39, 0.29) is 23.5 Å². The van der Waals surface area contributed by atoms with Gasteiger partial charge in [-0.05, 0) is 42.8 Å². The monoisotopic (exact) mass is 365 g/mol. The molecule has 0 N–H and O–H groups in total. The zero-order valence-electron chi connectivity index (χ0n) is 14.8. The molecular formula is C21H16FNO4. The van der Waals surface area contributed by atoms with Gasteiger partial charge in [-0.2, -0.15) is 0 Å². The lowest BCUT2D eigenvalue weighted by molar-refractivity contribution is 0.0529. The lowest BCUT2D eigenvalue weighted by atomic mass is 10.0. The molecule has 136 valence electrons. The molecule has 2 aromatic heterocycles. The summed E-state index contributed by atoms with van der Waals surface area (Å²) in [6.45, 7) is 1.91. The second kappa shape index (κ2) is 6.39. The van der Waals surface area contributed by atoms with Gasteiger partial charge in [0.25, 0.3) is 0 Å². The van der Waals surface area contributed by atoms with Gasteiger partial charge in [0.1, 0.15) is 16.9 Å².